The van der Waals surface area contributed by atoms with E-state index in [1.54, 1.807) is 0 Å². The smallest absolute Gasteiger partial charge is 0.416 e. The Morgan fingerprint density at radius 1 is 1.36 bits per heavy atom. The molecule has 1 saturated heterocycles. The maximum Gasteiger partial charge on any atom is 0.416 e. The molecule has 1 aliphatic heterocycles. The molecule has 1 fully saturated rings. The molecule has 0 bridgehead atoms. The molecule has 154 valence electrons. The van der Waals surface area contributed by atoms with Gasteiger partial charge in [-0.05, 0) is 17.7 Å². The number of hydrogen-bond acceptors (Lipinski definition) is 4. The van der Waals surface area contributed by atoms with E-state index in [1.807, 2.05) is 0 Å². The van der Waals surface area contributed by atoms with Crippen molar-refractivity contribution in [3.8, 4) is 0 Å². The number of likely N-dealkylation sites (tertiary alicyclic amines) is 1. The second kappa shape index (κ2) is 7.86. The van der Waals surface area contributed by atoms with Crippen LogP contribution in [0.25, 0.3) is 0 Å². The summed E-state index contributed by atoms with van der Waals surface area (Å²) in [7, 11) is 1.11. The Morgan fingerprint density at radius 3 is 2.43 bits per heavy atom. The van der Waals surface area contributed by atoms with Crippen LogP contribution < -0.4 is 0 Å². The number of nitrogens with zero attached hydrogens (tertiary/aromatic N) is 2. The number of alkyl halides is 3. The summed E-state index contributed by atoms with van der Waals surface area (Å²) in [4.78, 5) is 38.1. The molecule has 0 spiro atoms. The van der Waals surface area contributed by atoms with Crippen LogP contribution in [0.3, 0.4) is 0 Å². The lowest BCUT2D eigenvalue weighted by Crippen LogP contribution is -2.58. The lowest BCUT2D eigenvalue weighted by molar-refractivity contribution is -0.161. The van der Waals surface area contributed by atoms with Crippen LogP contribution in [0, 0.1) is 0 Å². The zero-order valence-electron chi connectivity index (χ0n) is 15.0. The summed E-state index contributed by atoms with van der Waals surface area (Å²) in [5, 5.41) is 8.98. The Bertz CT molecular complexity index is 801. The highest BCUT2D eigenvalue weighted by Gasteiger charge is 2.52. The van der Waals surface area contributed by atoms with E-state index in [9.17, 15) is 32.7 Å². The standard InChI is InChI=1S/C17H18ClF3N2O5/c1-10(24)23(8-11-3-4-12(7-13(11)18)17(19,20)21)16(14(25)28-2)5-6-22(9-16)15(26)27/h3-4,7H,5-6,8-9H2,1-2H3,(H,26,27). The summed E-state index contributed by atoms with van der Waals surface area (Å²) in [6.45, 7) is 0.572. The van der Waals surface area contributed by atoms with Gasteiger partial charge in [0.2, 0.25) is 5.91 Å². The Morgan fingerprint density at radius 2 is 2.00 bits per heavy atom. The third-order valence-electron chi connectivity index (χ3n) is 4.69. The number of carbonyl (C=O) groups is 3. The van der Waals surface area contributed by atoms with Crippen molar-refractivity contribution in [1.29, 1.82) is 0 Å². The van der Waals surface area contributed by atoms with Gasteiger partial charge >= 0.3 is 18.2 Å². The minimum atomic E-state index is -4.58. The van der Waals surface area contributed by atoms with Crippen LogP contribution in [0.1, 0.15) is 24.5 Å². The maximum atomic E-state index is 12.8. The normalized spacial score (nSPS) is 19.4. The van der Waals surface area contributed by atoms with Gasteiger partial charge in [-0.2, -0.15) is 13.2 Å². The quantitative estimate of drug-likeness (QED) is 0.754. The van der Waals surface area contributed by atoms with Crippen LogP contribution in [-0.2, 0) is 27.0 Å². The van der Waals surface area contributed by atoms with Crippen molar-refractivity contribution in [3.05, 3.63) is 34.3 Å². The topological polar surface area (TPSA) is 87.2 Å². The first-order valence-electron chi connectivity index (χ1n) is 8.12. The van der Waals surface area contributed by atoms with Crippen LogP contribution in [0.15, 0.2) is 18.2 Å². The molecule has 1 heterocycles. The summed E-state index contributed by atoms with van der Waals surface area (Å²) >= 11 is 5.97. The highest BCUT2D eigenvalue weighted by Crippen LogP contribution is 2.35. The van der Waals surface area contributed by atoms with Crippen LogP contribution in [0.4, 0.5) is 18.0 Å². The number of ether oxygens (including phenoxy) is 1. The van der Waals surface area contributed by atoms with E-state index in [0.29, 0.717) is 0 Å². The van der Waals surface area contributed by atoms with E-state index in [1.165, 1.54) is 6.92 Å². The Hall–Kier alpha value is -2.49. The number of benzene rings is 1. The van der Waals surface area contributed by atoms with E-state index < -0.39 is 35.2 Å². The maximum absolute atomic E-state index is 12.8. The van der Waals surface area contributed by atoms with Crippen LogP contribution >= 0.6 is 11.6 Å². The zero-order chi connectivity index (χ0) is 21.3. The SMILES string of the molecule is COC(=O)C1(N(Cc2ccc(C(F)(F)F)cc2Cl)C(C)=O)CCN(C(=O)O)C1. The van der Waals surface area contributed by atoms with Crippen molar-refractivity contribution >= 4 is 29.6 Å². The summed E-state index contributed by atoms with van der Waals surface area (Å²) < 4.78 is 43.3. The number of esters is 1. The van der Waals surface area contributed by atoms with Crippen LogP contribution in [0.2, 0.25) is 5.02 Å². The lowest BCUT2D eigenvalue weighted by Gasteiger charge is -2.38. The monoisotopic (exact) mass is 422 g/mol. The fourth-order valence-corrected chi connectivity index (χ4v) is 3.47. The molecule has 0 saturated carbocycles. The molecule has 1 aliphatic rings. The summed E-state index contributed by atoms with van der Waals surface area (Å²) in [6.07, 6.45) is -5.85. The molecular formula is C17H18ClF3N2O5. The summed E-state index contributed by atoms with van der Waals surface area (Å²) in [6, 6.07) is 2.68. The van der Waals surface area contributed by atoms with Gasteiger partial charge in [0.1, 0.15) is 0 Å². The predicted octanol–water partition coefficient (Wildman–Crippen LogP) is 3.00. The number of halogens is 4. The first kappa shape index (κ1) is 21.8. The number of hydrogen-bond donors (Lipinski definition) is 1. The Balaban J connectivity index is 2.42. The number of amides is 2. The minimum absolute atomic E-state index is 0.00500. The van der Waals surface area contributed by atoms with Crippen molar-refractivity contribution in [1.82, 2.24) is 9.80 Å². The van der Waals surface area contributed by atoms with Gasteiger partial charge in [0.15, 0.2) is 5.54 Å². The van der Waals surface area contributed by atoms with Gasteiger partial charge in [-0.25, -0.2) is 9.59 Å². The number of carboxylic acid groups (broad SMARTS) is 1. The van der Waals surface area contributed by atoms with Gasteiger partial charge in [0, 0.05) is 31.5 Å². The van der Waals surface area contributed by atoms with Crippen molar-refractivity contribution < 1.29 is 37.4 Å². The van der Waals surface area contributed by atoms with Crippen LogP contribution in [-0.4, -0.2) is 58.6 Å². The molecule has 0 radical (unpaired) electrons. The zero-order valence-corrected chi connectivity index (χ0v) is 15.8. The van der Waals surface area contributed by atoms with Gasteiger partial charge in [-0.15, -0.1) is 0 Å². The van der Waals surface area contributed by atoms with E-state index in [0.717, 1.165) is 35.1 Å². The molecule has 7 nitrogen and oxygen atoms in total. The summed E-state index contributed by atoms with van der Waals surface area (Å²) in [5.74, 6) is -1.39. The highest BCUT2D eigenvalue weighted by atomic mass is 35.5. The molecule has 0 aliphatic carbocycles. The Labute approximate surface area is 163 Å². The third kappa shape index (κ3) is 4.16. The van der Waals surface area contributed by atoms with Gasteiger partial charge in [0.05, 0.1) is 19.2 Å². The summed E-state index contributed by atoms with van der Waals surface area (Å²) in [5.41, 5.74) is -2.36. The molecule has 1 atom stereocenters. The van der Waals surface area contributed by atoms with Crippen molar-refractivity contribution in [3.63, 3.8) is 0 Å². The van der Waals surface area contributed by atoms with E-state index >= 15 is 0 Å². The van der Waals surface area contributed by atoms with E-state index in [4.69, 9.17) is 16.3 Å². The van der Waals surface area contributed by atoms with Crippen molar-refractivity contribution in [2.24, 2.45) is 0 Å². The average Bonchev–Trinajstić information content (AvgIpc) is 3.05. The molecule has 28 heavy (non-hydrogen) atoms. The fourth-order valence-electron chi connectivity index (χ4n) is 3.23. The van der Waals surface area contributed by atoms with Gasteiger partial charge in [0.25, 0.3) is 0 Å². The van der Waals surface area contributed by atoms with Gasteiger partial charge in [-0.3, -0.25) is 4.79 Å². The molecule has 1 N–H and O–H groups in total. The van der Waals surface area contributed by atoms with Crippen LogP contribution in [0.5, 0.6) is 0 Å². The molecule has 2 rings (SSSR count). The Kier molecular flexibility index (Phi) is 6.12. The van der Waals surface area contributed by atoms with Gasteiger partial charge in [-0.1, -0.05) is 17.7 Å². The largest absolute Gasteiger partial charge is 0.467 e. The molecule has 1 unspecified atom stereocenters. The molecule has 1 aromatic carbocycles. The lowest BCUT2D eigenvalue weighted by atomic mass is 9.94. The van der Waals surface area contributed by atoms with Crippen molar-refractivity contribution in [2.45, 2.75) is 31.6 Å². The van der Waals surface area contributed by atoms with Gasteiger partial charge < -0.3 is 19.6 Å². The van der Waals surface area contributed by atoms with E-state index in [-0.39, 0.29) is 36.6 Å². The number of methoxy groups -OCH3 is 1. The van der Waals surface area contributed by atoms with Crippen molar-refractivity contribution in [2.75, 3.05) is 20.2 Å². The first-order valence-corrected chi connectivity index (χ1v) is 8.50. The highest BCUT2D eigenvalue weighted by molar-refractivity contribution is 6.31. The molecule has 1 aromatic rings. The second-order valence-electron chi connectivity index (χ2n) is 6.39. The number of rotatable bonds is 4. The third-order valence-corrected chi connectivity index (χ3v) is 5.04. The first-order chi connectivity index (χ1) is 12.9. The predicted molar refractivity (Wildman–Crippen MR) is 91.6 cm³/mol. The molecule has 0 aromatic heterocycles. The number of carbonyl (C=O) groups excluding carboxylic acids is 2. The molecule has 2 amide bonds. The minimum Gasteiger partial charge on any atom is -0.467 e. The average molecular weight is 423 g/mol. The van der Waals surface area contributed by atoms with E-state index in [2.05, 4.69) is 0 Å². The molecule has 11 heteroatoms. The second-order valence-corrected chi connectivity index (χ2v) is 6.79. The molecular weight excluding hydrogens is 405 g/mol. The fraction of sp³-hybridized carbons (Fsp3) is 0.471.